The zero-order chi connectivity index (χ0) is 35.3. The number of thioether (sulfide) groups is 2. The van der Waals surface area contributed by atoms with E-state index in [-0.39, 0.29) is 5.16 Å². The van der Waals surface area contributed by atoms with E-state index in [1.54, 1.807) is 60.7 Å². The normalized spacial score (nSPS) is 22.7. The van der Waals surface area contributed by atoms with Crippen LogP contribution in [0.25, 0.3) is 0 Å². The maximum atomic E-state index is 14.3. The van der Waals surface area contributed by atoms with Crippen molar-refractivity contribution in [3.63, 3.8) is 0 Å². The van der Waals surface area contributed by atoms with E-state index in [9.17, 15) is 52.8 Å². The van der Waals surface area contributed by atoms with Gasteiger partial charge in [0, 0.05) is 17.5 Å². The van der Waals surface area contributed by atoms with Crippen LogP contribution in [0.15, 0.2) is 65.8 Å². The number of nitrogens with zero attached hydrogens (tertiary/aromatic N) is 5. The van der Waals surface area contributed by atoms with Gasteiger partial charge in [-0.2, -0.15) is 31.6 Å². The standard InChI is InChI=1S/C25H22F6N6O7S4/c1-14(46-22-32-34-35-33-22)23(21(39)44-18(15-8-4-2-5-9-15)16-10-6-3-7-11-16)12-36-19(38)17(20(36)45-13-23)37(47(40,41)24(26,27)28)48(42,43)25(29,30)31/h2-11,14,17-18,20H,12-13H2,1H3,(H,32,33,34,35)/t14?,17?,20-,23?/m1/s1. The number of carbonyl (C=O) groups is 2. The van der Waals surface area contributed by atoms with Gasteiger partial charge in [-0.05, 0) is 16.3 Å². The Balaban J connectivity index is 1.53. The molecule has 5 rings (SSSR count). The second-order valence-electron chi connectivity index (χ2n) is 10.5. The summed E-state index contributed by atoms with van der Waals surface area (Å²) < 4.78 is 134. The van der Waals surface area contributed by atoms with Crippen molar-refractivity contribution in [2.24, 2.45) is 5.41 Å². The first kappa shape index (κ1) is 35.9. The number of carbonyl (C=O) groups excluding carboxylic acids is 2. The fourth-order valence-electron chi connectivity index (χ4n) is 5.08. The van der Waals surface area contributed by atoms with Crippen LogP contribution in [0.4, 0.5) is 26.3 Å². The van der Waals surface area contributed by atoms with E-state index in [0.29, 0.717) is 27.8 Å². The van der Waals surface area contributed by atoms with Crippen molar-refractivity contribution in [3.8, 4) is 0 Å². The molecule has 23 heteroatoms. The number of tetrazole rings is 1. The summed E-state index contributed by atoms with van der Waals surface area (Å²) in [5.74, 6) is -3.11. The number of rotatable bonds is 10. The molecule has 1 amide bonds. The first-order chi connectivity index (χ1) is 22.3. The molecule has 3 aromatic rings. The molecule has 0 bridgehead atoms. The zero-order valence-electron chi connectivity index (χ0n) is 24.0. The summed E-state index contributed by atoms with van der Waals surface area (Å²) in [5, 5.41) is 10.6. The molecule has 1 N–H and O–H groups in total. The lowest BCUT2D eigenvalue weighted by molar-refractivity contribution is -0.165. The first-order valence-corrected chi connectivity index (χ1v) is 18.2. The third kappa shape index (κ3) is 6.25. The number of H-pyrrole nitrogens is 1. The summed E-state index contributed by atoms with van der Waals surface area (Å²) >= 11 is 1.31. The molecule has 2 fully saturated rings. The topological polar surface area (TPSA) is 173 Å². The van der Waals surface area contributed by atoms with Crippen molar-refractivity contribution in [2.75, 3.05) is 12.3 Å². The number of sulfonamides is 2. The molecule has 2 aliphatic heterocycles. The molecule has 0 spiro atoms. The molecule has 2 aliphatic rings. The summed E-state index contributed by atoms with van der Waals surface area (Å²) in [6, 6.07) is 14.0. The van der Waals surface area contributed by atoms with Gasteiger partial charge in [0.05, 0.1) is 0 Å². The molecule has 3 heterocycles. The Hall–Kier alpha value is -3.41. The molecule has 0 aliphatic carbocycles. The largest absolute Gasteiger partial charge is 0.512 e. The van der Waals surface area contributed by atoms with Crippen LogP contribution in [0.3, 0.4) is 0 Å². The zero-order valence-corrected chi connectivity index (χ0v) is 27.3. The number of halogens is 6. The number of ether oxygens (including phenoxy) is 1. The molecule has 0 saturated carbocycles. The van der Waals surface area contributed by atoms with Gasteiger partial charge in [0.1, 0.15) is 16.8 Å². The molecule has 13 nitrogen and oxygen atoms in total. The number of esters is 1. The van der Waals surface area contributed by atoms with Crippen LogP contribution in [0, 0.1) is 5.41 Å². The Labute approximate surface area is 276 Å². The quantitative estimate of drug-likeness (QED) is 0.139. The monoisotopic (exact) mass is 760 g/mol. The molecular formula is C25H22F6N6O7S4. The minimum absolute atomic E-state index is 0.0380. The predicted molar refractivity (Wildman–Crippen MR) is 156 cm³/mol. The van der Waals surface area contributed by atoms with Gasteiger partial charge >= 0.3 is 37.0 Å². The van der Waals surface area contributed by atoms with Gasteiger partial charge in [-0.3, -0.25) is 9.59 Å². The highest BCUT2D eigenvalue weighted by Gasteiger charge is 2.71. The summed E-state index contributed by atoms with van der Waals surface area (Å²) in [5.41, 5.74) is -13.7. The molecule has 3 unspecified atom stereocenters. The van der Waals surface area contributed by atoms with Crippen molar-refractivity contribution < 1.29 is 57.5 Å². The third-order valence-corrected chi connectivity index (χ3v) is 14.1. The third-order valence-electron chi connectivity index (χ3n) is 7.59. The molecule has 2 aromatic carbocycles. The van der Waals surface area contributed by atoms with Crippen molar-refractivity contribution in [2.45, 2.75) is 45.9 Å². The van der Waals surface area contributed by atoms with Crippen molar-refractivity contribution in [3.05, 3.63) is 71.8 Å². The number of alkyl halides is 6. The Kier molecular flexibility index (Phi) is 9.57. The number of aromatic amines is 1. The van der Waals surface area contributed by atoms with Crippen LogP contribution in [0.2, 0.25) is 0 Å². The molecule has 260 valence electrons. The number of nitrogens with one attached hydrogen (secondary N) is 1. The molecular weight excluding hydrogens is 739 g/mol. The Morgan fingerprint density at radius 2 is 1.52 bits per heavy atom. The van der Waals surface area contributed by atoms with Crippen molar-refractivity contribution in [1.29, 1.82) is 0 Å². The summed E-state index contributed by atoms with van der Waals surface area (Å²) in [4.78, 5) is 28.2. The number of hydrogen-bond donors (Lipinski definition) is 1. The highest BCUT2D eigenvalue weighted by molar-refractivity contribution is 8.05. The van der Waals surface area contributed by atoms with Gasteiger partial charge in [0.25, 0.3) is 0 Å². The average Bonchev–Trinajstić information content (AvgIpc) is 3.54. The predicted octanol–water partition coefficient (Wildman–Crippen LogP) is 3.28. The maximum Gasteiger partial charge on any atom is 0.512 e. The second-order valence-corrected chi connectivity index (χ2v) is 16.7. The van der Waals surface area contributed by atoms with Crippen molar-refractivity contribution in [1.82, 2.24) is 29.2 Å². The van der Waals surface area contributed by atoms with E-state index < -0.39 is 87.1 Å². The lowest BCUT2D eigenvalue weighted by atomic mass is 9.83. The van der Waals surface area contributed by atoms with Crippen LogP contribution >= 0.6 is 23.5 Å². The maximum absolute atomic E-state index is 14.3. The SMILES string of the molecule is CC(Sc1nn[nH]n1)C1(C(=O)OC(c2ccccc2)c2ccccc2)CS[C@@H]2C(N(S(=O)(=O)C(F)(F)F)S(=O)(=O)C(F)(F)F)C(=O)N2C1. The lowest BCUT2D eigenvalue weighted by Gasteiger charge is -2.56. The summed E-state index contributed by atoms with van der Waals surface area (Å²) in [6.45, 7) is 0.812. The fourth-order valence-corrected chi connectivity index (χ4v) is 11.0. The van der Waals surface area contributed by atoms with E-state index in [1.807, 2.05) is 0 Å². The number of amides is 1. The molecule has 1 aromatic heterocycles. The van der Waals surface area contributed by atoms with Crippen LogP contribution < -0.4 is 0 Å². The molecule has 0 radical (unpaired) electrons. The van der Waals surface area contributed by atoms with Gasteiger partial charge in [0.15, 0.2) is 6.10 Å². The highest BCUT2D eigenvalue weighted by atomic mass is 32.3. The molecule has 4 atom stereocenters. The summed E-state index contributed by atoms with van der Waals surface area (Å²) in [7, 11) is -14.5. The number of benzene rings is 2. The average molecular weight is 761 g/mol. The van der Waals surface area contributed by atoms with E-state index in [2.05, 4.69) is 20.6 Å². The van der Waals surface area contributed by atoms with E-state index in [4.69, 9.17) is 4.74 Å². The number of aromatic nitrogens is 4. The van der Waals surface area contributed by atoms with Gasteiger partial charge in [0.2, 0.25) is 11.1 Å². The molecule has 2 saturated heterocycles. The number of fused-ring (bicyclic) bond motifs is 1. The van der Waals surface area contributed by atoms with E-state index in [1.165, 1.54) is 6.92 Å². The Bertz CT molecular complexity index is 1790. The number of β-lactam (4-membered cyclic amide) rings is 1. The molecule has 48 heavy (non-hydrogen) atoms. The van der Waals surface area contributed by atoms with Gasteiger partial charge < -0.3 is 9.64 Å². The fraction of sp³-hybridized carbons (Fsp3) is 0.400. The van der Waals surface area contributed by atoms with Crippen LogP contribution in [-0.2, 0) is 34.4 Å². The van der Waals surface area contributed by atoms with Crippen LogP contribution in [0.1, 0.15) is 24.2 Å². The Morgan fingerprint density at radius 1 is 1.00 bits per heavy atom. The highest BCUT2D eigenvalue weighted by Crippen LogP contribution is 2.52. The minimum atomic E-state index is -7.25. The second kappa shape index (κ2) is 12.8. The first-order valence-electron chi connectivity index (χ1n) is 13.4. The summed E-state index contributed by atoms with van der Waals surface area (Å²) in [6.07, 6.45) is -1.01. The van der Waals surface area contributed by atoms with Crippen LogP contribution in [-0.4, -0.2) is 97.9 Å². The van der Waals surface area contributed by atoms with Crippen molar-refractivity contribution >= 4 is 55.4 Å². The van der Waals surface area contributed by atoms with Gasteiger partial charge in [-0.25, -0.2) is 16.8 Å². The van der Waals surface area contributed by atoms with Crippen LogP contribution in [0.5, 0.6) is 0 Å². The van der Waals surface area contributed by atoms with Gasteiger partial charge in [-0.1, -0.05) is 83.1 Å². The number of hydrogen-bond acceptors (Lipinski definition) is 12. The smallest absolute Gasteiger partial charge is 0.452 e. The minimum Gasteiger partial charge on any atom is -0.452 e. The van der Waals surface area contributed by atoms with Gasteiger partial charge in [-0.15, -0.1) is 22.0 Å². The lowest BCUT2D eigenvalue weighted by Crippen LogP contribution is -2.76. The van der Waals surface area contributed by atoms with E-state index in [0.717, 1.165) is 11.8 Å². The van der Waals surface area contributed by atoms with E-state index >= 15 is 0 Å². The Morgan fingerprint density at radius 3 is 1.98 bits per heavy atom.